The van der Waals surface area contributed by atoms with E-state index in [0.717, 1.165) is 30.6 Å². The van der Waals surface area contributed by atoms with E-state index in [-0.39, 0.29) is 0 Å². The van der Waals surface area contributed by atoms with E-state index in [0.29, 0.717) is 5.92 Å². The second-order valence-electron chi connectivity index (χ2n) is 5.14. The molecule has 0 saturated carbocycles. The smallest absolute Gasteiger partial charge is 0.0587 e. The van der Waals surface area contributed by atoms with Crippen LogP contribution in [0.1, 0.15) is 17.0 Å². The number of benzene rings is 2. The highest BCUT2D eigenvalue weighted by atomic mass is 79.9. The van der Waals surface area contributed by atoms with E-state index in [2.05, 4.69) is 75.8 Å². The molecule has 0 bridgehead atoms. The Morgan fingerprint density at radius 3 is 2.43 bits per heavy atom. The van der Waals surface area contributed by atoms with Gasteiger partial charge in [0.15, 0.2) is 0 Å². The van der Waals surface area contributed by atoms with Crippen LogP contribution < -0.4 is 5.32 Å². The van der Waals surface area contributed by atoms with E-state index >= 15 is 0 Å². The lowest BCUT2D eigenvalue weighted by Gasteiger charge is -2.18. The minimum Gasteiger partial charge on any atom is -0.383 e. The van der Waals surface area contributed by atoms with Crippen molar-refractivity contribution in [2.24, 2.45) is 0 Å². The van der Waals surface area contributed by atoms with E-state index in [1.54, 1.807) is 7.11 Å². The van der Waals surface area contributed by atoms with Gasteiger partial charge in [0, 0.05) is 30.6 Å². The Morgan fingerprint density at radius 1 is 1.05 bits per heavy atom. The van der Waals surface area contributed by atoms with Gasteiger partial charge in [-0.15, -0.1) is 0 Å². The molecule has 0 aliphatic heterocycles. The summed E-state index contributed by atoms with van der Waals surface area (Å²) in [7, 11) is 1.73. The molecule has 112 valence electrons. The molecule has 0 aliphatic carbocycles. The lowest BCUT2D eigenvalue weighted by atomic mass is 9.92. The van der Waals surface area contributed by atoms with Crippen LogP contribution in [0.2, 0.25) is 0 Å². The van der Waals surface area contributed by atoms with Gasteiger partial charge in [-0.3, -0.25) is 0 Å². The Labute approximate surface area is 135 Å². The molecule has 0 amide bonds. The van der Waals surface area contributed by atoms with E-state index in [1.165, 1.54) is 11.1 Å². The number of halogens is 1. The fraction of sp³-hybridized carbons (Fsp3) is 0.333. The molecule has 1 N–H and O–H groups in total. The molecule has 0 aliphatic rings. The first-order chi connectivity index (χ1) is 10.3. The van der Waals surface area contributed by atoms with Crippen LogP contribution in [0.3, 0.4) is 0 Å². The maximum Gasteiger partial charge on any atom is 0.0587 e. The third-order valence-electron chi connectivity index (χ3n) is 3.54. The van der Waals surface area contributed by atoms with Gasteiger partial charge < -0.3 is 10.1 Å². The minimum atomic E-state index is 0.470. The maximum absolute atomic E-state index is 5.09. The highest BCUT2D eigenvalue weighted by Crippen LogP contribution is 2.22. The second-order valence-corrected chi connectivity index (χ2v) is 6.05. The third kappa shape index (κ3) is 5.62. The number of nitrogens with one attached hydrogen (secondary N) is 1. The Kier molecular flexibility index (Phi) is 6.93. The monoisotopic (exact) mass is 347 g/mol. The number of hydrogen-bond acceptors (Lipinski definition) is 2. The van der Waals surface area contributed by atoms with Gasteiger partial charge in [-0.05, 0) is 29.7 Å². The van der Waals surface area contributed by atoms with Crippen LogP contribution >= 0.6 is 15.9 Å². The van der Waals surface area contributed by atoms with Gasteiger partial charge in [-0.2, -0.15) is 0 Å². The molecular formula is C18H22BrNO. The largest absolute Gasteiger partial charge is 0.383 e. The fourth-order valence-electron chi connectivity index (χ4n) is 2.39. The maximum atomic E-state index is 5.09. The number of methoxy groups -OCH3 is 1. The first-order valence-corrected chi connectivity index (χ1v) is 8.08. The Balaban J connectivity index is 2.04. The van der Waals surface area contributed by atoms with Crippen molar-refractivity contribution in [1.82, 2.24) is 5.32 Å². The van der Waals surface area contributed by atoms with Crippen LogP contribution in [-0.2, 0) is 11.2 Å². The van der Waals surface area contributed by atoms with Gasteiger partial charge in [-0.1, -0.05) is 58.4 Å². The zero-order valence-electron chi connectivity index (χ0n) is 12.4. The lowest BCUT2D eigenvalue weighted by molar-refractivity contribution is 0.199. The molecule has 0 fully saturated rings. The zero-order chi connectivity index (χ0) is 14.9. The van der Waals surface area contributed by atoms with Crippen LogP contribution in [-0.4, -0.2) is 26.8 Å². The van der Waals surface area contributed by atoms with E-state index < -0.39 is 0 Å². The summed E-state index contributed by atoms with van der Waals surface area (Å²) in [5, 5.41) is 3.48. The molecule has 0 saturated heterocycles. The molecule has 2 rings (SSSR count). The normalized spacial score (nSPS) is 12.3. The average Bonchev–Trinajstić information content (AvgIpc) is 2.52. The van der Waals surface area contributed by atoms with Crippen molar-refractivity contribution < 1.29 is 4.74 Å². The summed E-state index contributed by atoms with van der Waals surface area (Å²) in [4.78, 5) is 0. The molecular weight excluding hydrogens is 326 g/mol. The molecule has 1 atom stereocenters. The van der Waals surface area contributed by atoms with Crippen molar-refractivity contribution in [3.05, 3.63) is 70.2 Å². The van der Waals surface area contributed by atoms with Gasteiger partial charge in [-0.25, -0.2) is 0 Å². The summed E-state index contributed by atoms with van der Waals surface area (Å²) in [6.45, 7) is 2.59. The summed E-state index contributed by atoms with van der Waals surface area (Å²) in [6.07, 6.45) is 1.04. The Hall–Kier alpha value is -1.16. The molecule has 3 heteroatoms. The van der Waals surface area contributed by atoms with E-state index in [9.17, 15) is 0 Å². The van der Waals surface area contributed by atoms with Crippen molar-refractivity contribution in [3.8, 4) is 0 Å². The summed E-state index contributed by atoms with van der Waals surface area (Å²) in [5.41, 5.74) is 2.74. The SMILES string of the molecule is COCCNCC(Cc1ccccc1)c1ccc(Br)cc1. The Morgan fingerprint density at radius 2 is 1.76 bits per heavy atom. The molecule has 0 heterocycles. The van der Waals surface area contributed by atoms with Crippen LogP contribution in [0.5, 0.6) is 0 Å². The van der Waals surface area contributed by atoms with Gasteiger partial charge >= 0.3 is 0 Å². The summed E-state index contributed by atoms with van der Waals surface area (Å²) >= 11 is 3.50. The third-order valence-corrected chi connectivity index (χ3v) is 4.07. The van der Waals surface area contributed by atoms with Crippen LogP contribution in [0.25, 0.3) is 0 Å². The van der Waals surface area contributed by atoms with Crippen molar-refractivity contribution in [2.45, 2.75) is 12.3 Å². The van der Waals surface area contributed by atoms with E-state index in [1.807, 2.05) is 0 Å². The molecule has 0 aromatic heterocycles. The standard InChI is InChI=1S/C18H22BrNO/c1-21-12-11-20-14-17(13-15-5-3-2-4-6-15)16-7-9-18(19)10-8-16/h2-10,17,20H,11-14H2,1H3. The van der Waals surface area contributed by atoms with Crippen LogP contribution in [0, 0.1) is 0 Å². The van der Waals surface area contributed by atoms with Crippen LogP contribution in [0.15, 0.2) is 59.1 Å². The first kappa shape index (κ1) is 16.2. The first-order valence-electron chi connectivity index (χ1n) is 7.28. The highest BCUT2D eigenvalue weighted by molar-refractivity contribution is 9.10. The fourth-order valence-corrected chi connectivity index (χ4v) is 2.66. The predicted octanol–water partition coefficient (Wildman–Crippen LogP) is 4.01. The van der Waals surface area contributed by atoms with Gasteiger partial charge in [0.05, 0.1) is 6.61 Å². The average molecular weight is 348 g/mol. The van der Waals surface area contributed by atoms with Crippen molar-refractivity contribution >= 4 is 15.9 Å². The molecule has 21 heavy (non-hydrogen) atoms. The molecule has 2 nitrogen and oxygen atoms in total. The highest BCUT2D eigenvalue weighted by Gasteiger charge is 2.12. The molecule has 0 spiro atoms. The molecule has 1 unspecified atom stereocenters. The number of ether oxygens (including phenoxy) is 1. The van der Waals surface area contributed by atoms with Gasteiger partial charge in [0.25, 0.3) is 0 Å². The van der Waals surface area contributed by atoms with E-state index in [4.69, 9.17) is 4.74 Å². The number of rotatable bonds is 8. The van der Waals surface area contributed by atoms with Crippen LogP contribution in [0.4, 0.5) is 0 Å². The topological polar surface area (TPSA) is 21.3 Å². The van der Waals surface area contributed by atoms with Crippen molar-refractivity contribution in [3.63, 3.8) is 0 Å². The van der Waals surface area contributed by atoms with Gasteiger partial charge in [0.2, 0.25) is 0 Å². The summed E-state index contributed by atoms with van der Waals surface area (Å²) < 4.78 is 6.22. The summed E-state index contributed by atoms with van der Waals surface area (Å²) in [6, 6.07) is 19.3. The van der Waals surface area contributed by atoms with Crippen molar-refractivity contribution in [2.75, 3.05) is 26.8 Å². The lowest BCUT2D eigenvalue weighted by Crippen LogP contribution is -2.26. The minimum absolute atomic E-state index is 0.470. The van der Waals surface area contributed by atoms with Crippen molar-refractivity contribution in [1.29, 1.82) is 0 Å². The second kappa shape index (κ2) is 8.98. The number of hydrogen-bond donors (Lipinski definition) is 1. The zero-order valence-corrected chi connectivity index (χ0v) is 14.0. The molecule has 0 radical (unpaired) electrons. The molecule has 2 aromatic carbocycles. The quantitative estimate of drug-likeness (QED) is 0.728. The molecule has 2 aromatic rings. The Bertz CT molecular complexity index is 513. The van der Waals surface area contributed by atoms with Gasteiger partial charge in [0.1, 0.15) is 0 Å². The predicted molar refractivity (Wildman–Crippen MR) is 91.8 cm³/mol. The summed E-state index contributed by atoms with van der Waals surface area (Å²) in [5.74, 6) is 0.470.